The summed E-state index contributed by atoms with van der Waals surface area (Å²) in [5.74, 6) is 1.51. The number of anilines is 2. The lowest BCUT2D eigenvalue weighted by atomic mass is 10.3. The Kier molecular flexibility index (Phi) is 2.19. The Hall–Kier alpha value is -1.45. The summed E-state index contributed by atoms with van der Waals surface area (Å²) in [5, 5.41) is 0. The van der Waals surface area contributed by atoms with Gasteiger partial charge in [0.15, 0.2) is 0 Å². The number of rotatable bonds is 1. The van der Waals surface area contributed by atoms with Gasteiger partial charge in [-0.05, 0) is 6.07 Å². The van der Waals surface area contributed by atoms with Crippen LogP contribution in [0.1, 0.15) is 0 Å². The van der Waals surface area contributed by atoms with Gasteiger partial charge < -0.3 is 14.5 Å². The fraction of sp³-hybridized carbons (Fsp3) is 0.500. The number of hydrogen-bond donors (Lipinski definition) is 0. The molecule has 0 N–H and O–H groups in total. The number of likely N-dealkylation sites (N-methyl/N-ethyl adjacent to an activating group) is 1. The minimum Gasteiger partial charge on any atom is -0.474 e. The number of nitrogens with zero attached hydrogens (tertiary/aromatic N) is 3. The third kappa shape index (κ3) is 1.47. The van der Waals surface area contributed by atoms with Crippen LogP contribution >= 0.6 is 0 Å². The van der Waals surface area contributed by atoms with Crippen molar-refractivity contribution in [2.45, 2.75) is 0 Å². The Labute approximate surface area is 84.1 Å². The first-order valence-corrected chi connectivity index (χ1v) is 4.62. The van der Waals surface area contributed by atoms with Crippen LogP contribution in [-0.2, 0) is 0 Å². The summed E-state index contributed by atoms with van der Waals surface area (Å²) < 4.78 is 5.49. The van der Waals surface area contributed by atoms with Gasteiger partial charge in [0.05, 0.1) is 6.54 Å². The molecule has 1 aliphatic heterocycles. The van der Waals surface area contributed by atoms with Crippen molar-refractivity contribution in [3.8, 4) is 5.88 Å². The predicted molar refractivity (Wildman–Crippen MR) is 56.2 cm³/mol. The Morgan fingerprint density at radius 1 is 1.57 bits per heavy atom. The molecule has 0 spiro atoms. The second-order valence-electron chi connectivity index (χ2n) is 3.58. The van der Waals surface area contributed by atoms with E-state index in [0.717, 1.165) is 18.1 Å². The molecule has 1 aromatic rings. The molecule has 0 unspecified atom stereocenters. The third-order valence-electron chi connectivity index (χ3n) is 2.26. The van der Waals surface area contributed by atoms with E-state index >= 15 is 0 Å². The monoisotopic (exact) mass is 192 g/mol. The lowest BCUT2D eigenvalue weighted by Crippen LogP contribution is -2.29. The topological polar surface area (TPSA) is 28.6 Å². The maximum Gasteiger partial charge on any atom is 0.239 e. The van der Waals surface area contributed by atoms with Crippen molar-refractivity contribution < 1.29 is 4.74 Å². The van der Waals surface area contributed by atoms with Crippen LogP contribution in [0.4, 0.5) is 11.5 Å². The van der Waals surface area contributed by atoms with Crippen LogP contribution in [0.25, 0.3) is 0 Å². The summed E-state index contributed by atoms with van der Waals surface area (Å²) in [6.45, 7) is 1.61. The van der Waals surface area contributed by atoms with E-state index in [2.05, 4.69) is 16.0 Å². The normalized spacial score (nSPS) is 14.6. The molecule has 0 amide bonds. The van der Waals surface area contributed by atoms with E-state index in [1.165, 1.54) is 0 Å². The minimum atomic E-state index is 0.702. The third-order valence-corrected chi connectivity index (χ3v) is 2.26. The largest absolute Gasteiger partial charge is 0.474 e. The first-order chi connectivity index (χ1) is 6.68. The van der Waals surface area contributed by atoms with E-state index in [-0.39, 0.29) is 0 Å². The highest BCUT2D eigenvalue weighted by Crippen LogP contribution is 2.29. The minimum absolute atomic E-state index is 0.702. The molecule has 0 saturated heterocycles. The summed E-state index contributed by atoms with van der Waals surface area (Å²) in [5.41, 5.74) is 1.02. The van der Waals surface area contributed by atoms with Crippen molar-refractivity contribution in [1.82, 2.24) is 4.98 Å². The van der Waals surface area contributed by atoms with Gasteiger partial charge in [-0.3, -0.25) is 0 Å². The molecule has 1 aliphatic rings. The maximum absolute atomic E-state index is 5.49. The highest BCUT2D eigenvalue weighted by atomic mass is 16.5. The smallest absolute Gasteiger partial charge is 0.239 e. The SMILES string of the molecule is CN(C)c1[c]cc2c(n1)OCCN2C. The Morgan fingerprint density at radius 3 is 3.07 bits per heavy atom. The molecule has 14 heavy (non-hydrogen) atoms. The summed E-state index contributed by atoms with van der Waals surface area (Å²) in [4.78, 5) is 8.41. The van der Waals surface area contributed by atoms with E-state index in [4.69, 9.17) is 4.74 Å². The summed E-state index contributed by atoms with van der Waals surface area (Å²) in [7, 11) is 5.92. The van der Waals surface area contributed by atoms with E-state index in [1.54, 1.807) is 0 Å². The van der Waals surface area contributed by atoms with Gasteiger partial charge in [0.25, 0.3) is 0 Å². The number of ether oxygens (including phenoxy) is 1. The molecule has 0 bridgehead atoms. The first-order valence-electron chi connectivity index (χ1n) is 4.62. The van der Waals surface area contributed by atoms with Crippen molar-refractivity contribution in [3.63, 3.8) is 0 Å². The van der Waals surface area contributed by atoms with Crippen molar-refractivity contribution in [2.24, 2.45) is 0 Å². The molecular weight excluding hydrogens is 178 g/mol. The van der Waals surface area contributed by atoms with Crippen LogP contribution in [0.15, 0.2) is 6.07 Å². The lowest BCUT2D eigenvalue weighted by molar-refractivity contribution is 0.299. The average Bonchev–Trinajstić information content (AvgIpc) is 2.17. The highest BCUT2D eigenvalue weighted by Gasteiger charge is 2.16. The molecule has 0 saturated carbocycles. The van der Waals surface area contributed by atoms with Crippen LogP contribution < -0.4 is 14.5 Å². The van der Waals surface area contributed by atoms with Crippen molar-refractivity contribution >= 4 is 11.5 Å². The Bertz CT molecular complexity index is 338. The van der Waals surface area contributed by atoms with Gasteiger partial charge in [0.2, 0.25) is 5.88 Å². The predicted octanol–water partition coefficient (Wildman–Crippen LogP) is 0.776. The molecule has 0 atom stereocenters. The van der Waals surface area contributed by atoms with Gasteiger partial charge in [-0.25, -0.2) is 0 Å². The first kappa shape index (κ1) is 9.12. The molecule has 2 heterocycles. The lowest BCUT2D eigenvalue weighted by Gasteiger charge is -2.27. The number of aromatic nitrogens is 1. The molecule has 4 nitrogen and oxygen atoms in total. The Morgan fingerprint density at radius 2 is 2.36 bits per heavy atom. The van der Waals surface area contributed by atoms with E-state index in [9.17, 15) is 0 Å². The zero-order valence-electron chi connectivity index (χ0n) is 8.74. The molecule has 2 rings (SSSR count). The van der Waals surface area contributed by atoms with Crippen LogP contribution in [0.3, 0.4) is 0 Å². The van der Waals surface area contributed by atoms with Crippen molar-refractivity contribution in [3.05, 3.63) is 12.1 Å². The van der Waals surface area contributed by atoms with Crippen LogP contribution in [0.2, 0.25) is 0 Å². The van der Waals surface area contributed by atoms with E-state index in [0.29, 0.717) is 12.5 Å². The molecule has 0 aliphatic carbocycles. The fourth-order valence-electron chi connectivity index (χ4n) is 1.39. The second kappa shape index (κ2) is 3.36. The van der Waals surface area contributed by atoms with Gasteiger partial charge in [-0.2, -0.15) is 4.98 Å². The molecule has 0 fully saturated rings. The average molecular weight is 192 g/mol. The van der Waals surface area contributed by atoms with Crippen molar-refractivity contribution in [2.75, 3.05) is 44.1 Å². The van der Waals surface area contributed by atoms with Crippen molar-refractivity contribution in [1.29, 1.82) is 0 Å². The number of pyridine rings is 1. The van der Waals surface area contributed by atoms with Crippen LogP contribution in [0, 0.1) is 6.07 Å². The van der Waals surface area contributed by atoms with Crippen LogP contribution in [-0.4, -0.2) is 39.3 Å². The van der Waals surface area contributed by atoms with Crippen LogP contribution in [0.5, 0.6) is 5.88 Å². The maximum atomic E-state index is 5.49. The van der Waals surface area contributed by atoms with Gasteiger partial charge in [-0.1, -0.05) is 0 Å². The van der Waals surface area contributed by atoms with Gasteiger partial charge in [0.1, 0.15) is 18.1 Å². The molecule has 4 heteroatoms. The zero-order chi connectivity index (χ0) is 10.1. The summed E-state index contributed by atoms with van der Waals surface area (Å²) in [6.07, 6.45) is 0. The van der Waals surface area contributed by atoms with Gasteiger partial charge >= 0.3 is 0 Å². The zero-order valence-corrected chi connectivity index (χ0v) is 8.74. The van der Waals surface area contributed by atoms with E-state index < -0.39 is 0 Å². The second-order valence-corrected chi connectivity index (χ2v) is 3.58. The molecule has 1 radical (unpaired) electrons. The summed E-state index contributed by atoms with van der Waals surface area (Å²) >= 11 is 0. The number of fused-ring (bicyclic) bond motifs is 1. The van der Waals surface area contributed by atoms with E-state index in [1.807, 2.05) is 32.1 Å². The summed E-state index contributed by atoms with van der Waals surface area (Å²) in [6, 6.07) is 5.05. The van der Waals surface area contributed by atoms with Gasteiger partial charge in [-0.15, -0.1) is 0 Å². The standard InChI is InChI=1S/C10H14N3O/c1-12(2)9-5-4-8-10(11-9)14-7-6-13(8)3/h4H,6-7H2,1-3H3. The quantitative estimate of drug-likeness (QED) is 0.657. The molecular formula is C10H14N3O. The van der Waals surface area contributed by atoms with Gasteiger partial charge in [0, 0.05) is 27.2 Å². The highest BCUT2D eigenvalue weighted by molar-refractivity contribution is 5.59. The Balaban J connectivity index is 2.39. The number of hydrogen-bond acceptors (Lipinski definition) is 4. The fourth-order valence-corrected chi connectivity index (χ4v) is 1.39. The molecule has 75 valence electrons. The molecule has 0 aromatic carbocycles. The molecule has 1 aromatic heterocycles.